The van der Waals surface area contributed by atoms with Gasteiger partial charge in [0.1, 0.15) is 18.5 Å². The van der Waals surface area contributed by atoms with E-state index in [-0.39, 0.29) is 6.10 Å². The molecule has 0 aliphatic carbocycles. The minimum atomic E-state index is -0.932. The lowest BCUT2D eigenvalue weighted by Gasteiger charge is -2.38. The summed E-state index contributed by atoms with van der Waals surface area (Å²) >= 11 is 6.68. The molecule has 0 bridgehead atoms. The first kappa shape index (κ1) is 33.4. The third-order valence-corrected chi connectivity index (χ3v) is 8.91. The molecule has 12 heteroatoms. The summed E-state index contributed by atoms with van der Waals surface area (Å²) in [5, 5.41) is 10.2. The van der Waals surface area contributed by atoms with Crippen LogP contribution < -0.4 is 14.5 Å². The van der Waals surface area contributed by atoms with Crippen molar-refractivity contribution < 1.29 is 18.7 Å². The molecule has 3 aromatic rings. The number of rotatable bonds is 7. The van der Waals surface area contributed by atoms with E-state index in [4.69, 9.17) is 36.3 Å². The largest absolute Gasteiger partial charge is 0.461 e. The summed E-state index contributed by atoms with van der Waals surface area (Å²) in [4.78, 5) is 30.3. The highest BCUT2D eigenvalue weighted by Gasteiger charge is 2.30. The van der Waals surface area contributed by atoms with Crippen LogP contribution in [-0.4, -0.2) is 96.8 Å². The number of benzene rings is 2. The van der Waals surface area contributed by atoms with E-state index in [1.807, 2.05) is 12.1 Å². The number of aromatic nitrogens is 2. The van der Waals surface area contributed by atoms with E-state index in [1.165, 1.54) is 11.8 Å². The fraction of sp³-hybridized carbons (Fsp3) is 0.471. The van der Waals surface area contributed by atoms with Crippen LogP contribution in [0, 0.1) is 11.3 Å². The predicted molar refractivity (Wildman–Crippen MR) is 178 cm³/mol. The van der Waals surface area contributed by atoms with E-state index in [0.29, 0.717) is 58.0 Å². The Labute approximate surface area is 274 Å². The Balaban J connectivity index is 0.00000134. The first-order valence-corrected chi connectivity index (χ1v) is 16.1. The van der Waals surface area contributed by atoms with Crippen LogP contribution in [0.5, 0.6) is 6.01 Å². The van der Waals surface area contributed by atoms with Gasteiger partial charge in [-0.15, -0.1) is 0 Å². The molecule has 1 atom stereocenters. The molecule has 2 fully saturated rings. The van der Waals surface area contributed by atoms with Crippen molar-refractivity contribution in [1.82, 2.24) is 19.8 Å². The second kappa shape index (κ2) is 15.1. The summed E-state index contributed by atoms with van der Waals surface area (Å²) < 4.78 is 25.7. The number of halogens is 2. The van der Waals surface area contributed by atoms with Gasteiger partial charge in [-0.3, -0.25) is 9.69 Å². The van der Waals surface area contributed by atoms with E-state index < -0.39 is 11.7 Å². The molecule has 2 saturated heterocycles. The van der Waals surface area contributed by atoms with Crippen LogP contribution in [0.2, 0.25) is 5.02 Å². The SMILES string of the molecule is C=C(F)C(=O)N1CCN(c2nc(OCC3CN(C(C)C)CCO3)nc3c2CCN(c2cccc4cccc(Cl)c24)C3)CC1.CC#N. The van der Waals surface area contributed by atoms with Crippen molar-refractivity contribution in [3.63, 3.8) is 0 Å². The number of piperazine rings is 1. The zero-order valence-electron chi connectivity index (χ0n) is 26.7. The number of fused-ring (bicyclic) bond motifs is 2. The molecule has 3 aliphatic heterocycles. The average Bonchev–Trinajstić information content (AvgIpc) is 3.06. The smallest absolute Gasteiger partial charge is 0.318 e. The van der Waals surface area contributed by atoms with Crippen molar-refractivity contribution in [3.8, 4) is 12.1 Å². The number of nitrogens with zero attached hydrogens (tertiary/aromatic N) is 7. The number of ether oxygens (including phenoxy) is 2. The van der Waals surface area contributed by atoms with Gasteiger partial charge in [-0.2, -0.15) is 15.2 Å². The number of amides is 1. The van der Waals surface area contributed by atoms with Gasteiger partial charge < -0.3 is 24.2 Å². The Bertz CT molecular complexity index is 1600. The van der Waals surface area contributed by atoms with E-state index >= 15 is 0 Å². The zero-order chi connectivity index (χ0) is 32.8. The van der Waals surface area contributed by atoms with Crippen molar-refractivity contribution in [3.05, 3.63) is 65.1 Å². The number of morpholine rings is 1. The highest BCUT2D eigenvalue weighted by Crippen LogP contribution is 2.37. The van der Waals surface area contributed by atoms with Crippen LogP contribution in [-0.2, 0) is 22.5 Å². The fourth-order valence-electron chi connectivity index (χ4n) is 6.23. The third kappa shape index (κ3) is 7.52. The van der Waals surface area contributed by atoms with Crippen molar-refractivity contribution in [2.45, 2.75) is 45.9 Å². The maximum atomic E-state index is 13.5. The number of hydrogen-bond acceptors (Lipinski definition) is 9. The van der Waals surface area contributed by atoms with Gasteiger partial charge in [-0.1, -0.05) is 42.4 Å². The second-order valence-corrected chi connectivity index (χ2v) is 12.2. The Morgan fingerprint density at radius 2 is 1.85 bits per heavy atom. The van der Waals surface area contributed by atoms with Crippen molar-refractivity contribution in [2.24, 2.45) is 0 Å². The molecular formula is C34H41ClFN7O3. The summed E-state index contributed by atoms with van der Waals surface area (Å²) in [6.45, 7) is 14.9. The summed E-state index contributed by atoms with van der Waals surface area (Å²) in [5.41, 5.74) is 3.04. The van der Waals surface area contributed by atoms with Gasteiger partial charge in [0.2, 0.25) is 0 Å². The zero-order valence-corrected chi connectivity index (χ0v) is 27.5. The van der Waals surface area contributed by atoms with Crippen molar-refractivity contribution in [1.29, 1.82) is 5.26 Å². The Morgan fingerprint density at radius 1 is 1.13 bits per heavy atom. The molecule has 0 radical (unpaired) electrons. The number of nitriles is 1. The quantitative estimate of drug-likeness (QED) is 0.328. The van der Waals surface area contributed by atoms with Gasteiger partial charge in [0.05, 0.1) is 29.9 Å². The van der Waals surface area contributed by atoms with Gasteiger partial charge in [-0.25, -0.2) is 4.39 Å². The summed E-state index contributed by atoms with van der Waals surface area (Å²) in [6, 6.07) is 14.7. The van der Waals surface area contributed by atoms with Gasteiger partial charge >= 0.3 is 6.01 Å². The molecule has 1 aromatic heterocycles. The van der Waals surface area contributed by atoms with Gasteiger partial charge in [0, 0.05) is 75.4 Å². The highest BCUT2D eigenvalue weighted by atomic mass is 35.5. The summed E-state index contributed by atoms with van der Waals surface area (Å²) in [6.07, 6.45) is 0.665. The topological polar surface area (TPSA) is 98.1 Å². The lowest BCUT2D eigenvalue weighted by atomic mass is 10.0. The standard InChI is InChI=1S/C32H38ClFN6O3.C2H3N/c1-21(2)39-16-17-42-24(18-39)20-43-32-35-27-19-40(28-9-5-7-23-6-4-8-26(33)29(23)28)11-10-25(27)30(36-32)37-12-14-38(15-13-37)31(41)22(3)34;1-2-3/h4-9,21,24H,3,10-20H2,1-2H3;1H3. The molecule has 10 nitrogen and oxygen atoms in total. The van der Waals surface area contributed by atoms with Crippen LogP contribution in [0.4, 0.5) is 15.9 Å². The van der Waals surface area contributed by atoms with Gasteiger partial charge in [0.15, 0.2) is 5.83 Å². The van der Waals surface area contributed by atoms with E-state index in [2.05, 4.69) is 59.4 Å². The maximum Gasteiger partial charge on any atom is 0.318 e. The van der Waals surface area contributed by atoms with E-state index in [1.54, 1.807) is 6.07 Å². The van der Waals surface area contributed by atoms with Crippen LogP contribution >= 0.6 is 11.6 Å². The lowest BCUT2D eigenvalue weighted by molar-refractivity contribution is -0.128. The molecule has 2 aromatic carbocycles. The molecular weight excluding hydrogens is 609 g/mol. The highest BCUT2D eigenvalue weighted by molar-refractivity contribution is 6.36. The fourth-order valence-corrected chi connectivity index (χ4v) is 6.51. The number of carbonyl (C=O) groups is 1. The lowest BCUT2D eigenvalue weighted by Crippen LogP contribution is -2.49. The molecule has 0 N–H and O–H groups in total. The van der Waals surface area contributed by atoms with Crippen LogP contribution in [0.1, 0.15) is 32.0 Å². The van der Waals surface area contributed by atoms with Crippen LogP contribution in [0.3, 0.4) is 0 Å². The van der Waals surface area contributed by atoms with E-state index in [9.17, 15) is 9.18 Å². The van der Waals surface area contributed by atoms with Crippen molar-refractivity contribution >= 4 is 39.8 Å². The Hall–Kier alpha value is -3.98. The first-order chi connectivity index (χ1) is 22.2. The molecule has 0 saturated carbocycles. The minimum absolute atomic E-state index is 0.0723. The molecule has 1 unspecified atom stereocenters. The Kier molecular flexibility index (Phi) is 10.9. The number of anilines is 2. The summed E-state index contributed by atoms with van der Waals surface area (Å²) in [5.74, 6) is -0.769. The normalized spacial score (nSPS) is 18.5. The predicted octanol–water partition coefficient (Wildman–Crippen LogP) is 5.00. The Morgan fingerprint density at radius 3 is 2.54 bits per heavy atom. The molecule has 1 amide bonds. The van der Waals surface area contributed by atoms with Gasteiger partial charge in [0.25, 0.3) is 5.91 Å². The number of hydrogen-bond donors (Lipinski definition) is 0. The second-order valence-electron chi connectivity index (χ2n) is 11.8. The summed E-state index contributed by atoms with van der Waals surface area (Å²) in [7, 11) is 0. The molecule has 0 spiro atoms. The molecule has 244 valence electrons. The van der Waals surface area contributed by atoms with Crippen LogP contribution in [0.15, 0.2) is 48.8 Å². The molecule has 3 aliphatic rings. The molecule has 6 rings (SSSR count). The van der Waals surface area contributed by atoms with Crippen molar-refractivity contribution in [2.75, 3.05) is 68.8 Å². The third-order valence-electron chi connectivity index (χ3n) is 8.59. The van der Waals surface area contributed by atoms with Gasteiger partial charge in [-0.05, 0) is 37.8 Å². The van der Waals surface area contributed by atoms with E-state index in [0.717, 1.165) is 64.6 Å². The average molecular weight is 650 g/mol. The molecule has 4 heterocycles. The number of carbonyl (C=O) groups excluding carboxylic acids is 1. The minimum Gasteiger partial charge on any atom is -0.461 e. The molecule has 46 heavy (non-hydrogen) atoms. The maximum absolute atomic E-state index is 13.5. The first-order valence-electron chi connectivity index (χ1n) is 15.7. The van der Waals surface area contributed by atoms with Crippen LogP contribution in [0.25, 0.3) is 10.8 Å². The monoisotopic (exact) mass is 649 g/mol.